The fourth-order valence-electron chi connectivity index (χ4n) is 1.14. The van der Waals surface area contributed by atoms with Crippen molar-refractivity contribution in [3.8, 4) is 5.75 Å². The lowest BCUT2D eigenvalue weighted by Gasteiger charge is -2.09. The standard InChI is InChI=1S/C10H6Cl2O4/c11-5-1-3-6(4-2-5)15-8-7(12)9(13)16-10(8)14/h1-4,10,14H. The van der Waals surface area contributed by atoms with Crippen molar-refractivity contribution in [3.63, 3.8) is 0 Å². The summed E-state index contributed by atoms with van der Waals surface area (Å²) in [6, 6.07) is 6.37. The summed E-state index contributed by atoms with van der Waals surface area (Å²) in [5, 5.41) is 9.60. The highest BCUT2D eigenvalue weighted by molar-refractivity contribution is 6.42. The lowest BCUT2D eigenvalue weighted by molar-refractivity contribution is -0.153. The number of carbonyl (C=O) groups is 1. The molecule has 1 N–H and O–H groups in total. The monoisotopic (exact) mass is 260 g/mol. The summed E-state index contributed by atoms with van der Waals surface area (Å²) < 4.78 is 9.66. The van der Waals surface area contributed by atoms with Crippen LogP contribution in [0.5, 0.6) is 5.75 Å². The molecule has 4 nitrogen and oxygen atoms in total. The highest BCUT2D eigenvalue weighted by Gasteiger charge is 2.34. The van der Waals surface area contributed by atoms with Crippen LogP contribution in [0.25, 0.3) is 0 Å². The molecule has 1 aromatic carbocycles. The average Bonchev–Trinajstić information content (AvgIpc) is 2.48. The van der Waals surface area contributed by atoms with Gasteiger partial charge in [0, 0.05) is 5.02 Å². The van der Waals surface area contributed by atoms with Crippen LogP contribution >= 0.6 is 23.2 Å². The molecule has 1 aliphatic heterocycles. The SMILES string of the molecule is O=C1OC(O)C(Oc2ccc(Cl)cc2)=C1Cl. The van der Waals surface area contributed by atoms with E-state index >= 15 is 0 Å². The Bertz CT molecular complexity index is 452. The first-order chi connectivity index (χ1) is 7.58. The van der Waals surface area contributed by atoms with E-state index in [1.807, 2.05) is 0 Å². The number of carbonyl (C=O) groups excluding carboxylic acids is 1. The Morgan fingerprint density at radius 3 is 2.38 bits per heavy atom. The zero-order valence-electron chi connectivity index (χ0n) is 7.81. The predicted molar refractivity (Wildman–Crippen MR) is 57.1 cm³/mol. The van der Waals surface area contributed by atoms with Crippen LogP contribution in [0.3, 0.4) is 0 Å². The summed E-state index contributed by atoms with van der Waals surface area (Å²) in [7, 11) is 0. The molecule has 84 valence electrons. The molecule has 2 rings (SSSR count). The third-order valence-corrected chi connectivity index (χ3v) is 2.47. The van der Waals surface area contributed by atoms with Gasteiger partial charge in [0.15, 0.2) is 10.8 Å². The lowest BCUT2D eigenvalue weighted by Crippen LogP contribution is -2.13. The molecule has 0 spiro atoms. The van der Waals surface area contributed by atoms with Crippen molar-refractivity contribution in [2.24, 2.45) is 0 Å². The second kappa shape index (κ2) is 4.33. The average molecular weight is 261 g/mol. The number of benzene rings is 1. The van der Waals surface area contributed by atoms with Gasteiger partial charge < -0.3 is 14.6 Å². The third-order valence-electron chi connectivity index (χ3n) is 1.88. The number of aliphatic hydroxyl groups is 1. The van der Waals surface area contributed by atoms with Crippen LogP contribution in [0.15, 0.2) is 35.1 Å². The fraction of sp³-hybridized carbons (Fsp3) is 0.100. The topological polar surface area (TPSA) is 55.8 Å². The molecule has 0 radical (unpaired) electrons. The Hall–Kier alpha value is -1.23. The molecular weight excluding hydrogens is 255 g/mol. The van der Waals surface area contributed by atoms with Gasteiger partial charge in [-0.25, -0.2) is 4.79 Å². The predicted octanol–water partition coefficient (Wildman–Crippen LogP) is 2.04. The van der Waals surface area contributed by atoms with Gasteiger partial charge in [0.05, 0.1) is 0 Å². The highest BCUT2D eigenvalue weighted by atomic mass is 35.5. The summed E-state index contributed by atoms with van der Waals surface area (Å²) in [5.74, 6) is -0.526. The Labute approximate surface area is 101 Å². The van der Waals surface area contributed by atoms with Crippen molar-refractivity contribution in [2.45, 2.75) is 6.29 Å². The van der Waals surface area contributed by atoms with Crippen LogP contribution in [0.2, 0.25) is 5.02 Å². The Morgan fingerprint density at radius 1 is 1.25 bits per heavy atom. The molecule has 1 aromatic rings. The molecule has 0 saturated heterocycles. The number of esters is 1. The molecule has 1 unspecified atom stereocenters. The van der Waals surface area contributed by atoms with Crippen molar-refractivity contribution in [1.82, 2.24) is 0 Å². The van der Waals surface area contributed by atoms with Gasteiger partial charge in [0.2, 0.25) is 0 Å². The number of cyclic esters (lactones) is 1. The molecule has 6 heteroatoms. The van der Waals surface area contributed by atoms with Gasteiger partial charge in [-0.15, -0.1) is 0 Å². The number of aliphatic hydroxyl groups excluding tert-OH is 1. The van der Waals surface area contributed by atoms with Crippen LogP contribution in [-0.4, -0.2) is 17.4 Å². The zero-order chi connectivity index (χ0) is 11.7. The minimum Gasteiger partial charge on any atom is -0.453 e. The zero-order valence-corrected chi connectivity index (χ0v) is 9.33. The molecule has 0 fully saturated rings. The third kappa shape index (κ3) is 2.14. The number of halogens is 2. The number of hydrogen-bond donors (Lipinski definition) is 1. The van der Waals surface area contributed by atoms with Crippen molar-refractivity contribution in [2.75, 3.05) is 0 Å². The van der Waals surface area contributed by atoms with E-state index in [1.54, 1.807) is 24.3 Å². The summed E-state index contributed by atoms with van der Waals surface area (Å²) in [6.45, 7) is 0. The Morgan fingerprint density at radius 2 is 1.88 bits per heavy atom. The van der Waals surface area contributed by atoms with Crippen molar-refractivity contribution >= 4 is 29.2 Å². The van der Waals surface area contributed by atoms with Crippen molar-refractivity contribution in [3.05, 3.63) is 40.1 Å². The van der Waals surface area contributed by atoms with Gasteiger partial charge in [0.1, 0.15) is 5.75 Å². The number of ether oxygens (including phenoxy) is 2. The molecule has 0 saturated carbocycles. The van der Waals surface area contributed by atoms with Gasteiger partial charge in [-0.05, 0) is 24.3 Å². The molecule has 1 aliphatic rings. The molecule has 0 bridgehead atoms. The van der Waals surface area contributed by atoms with E-state index in [0.717, 1.165) is 0 Å². The maximum Gasteiger partial charge on any atom is 0.356 e. The van der Waals surface area contributed by atoms with Gasteiger partial charge in [0.25, 0.3) is 6.29 Å². The van der Waals surface area contributed by atoms with Crippen LogP contribution < -0.4 is 4.74 Å². The van der Waals surface area contributed by atoms with Crippen molar-refractivity contribution in [1.29, 1.82) is 0 Å². The quantitative estimate of drug-likeness (QED) is 0.827. The van der Waals surface area contributed by atoms with E-state index in [-0.39, 0.29) is 10.8 Å². The fourth-order valence-corrected chi connectivity index (χ4v) is 1.44. The van der Waals surface area contributed by atoms with Crippen LogP contribution in [-0.2, 0) is 9.53 Å². The molecule has 1 atom stereocenters. The lowest BCUT2D eigenvalue weighted by atomic mass is 10.3. The molecule has 0 aliphatic carbocycles. The molecular formula is C10H6Cl2O4. The molecule has 0 amide bonds. The number of rotatable bonds is 2. The summed E-state index contributed by atoms with van der Waals surface area (Å²) >= 11 is 11.3. The van der Waals surface area contributed by atoms with Gasteiger partial charge >= 0.3 is 5.97 Å². The number of hydrogen-bond acceptors (Lipinski definition) is 4. The van der Waals surface area contributed by atoms with E-state index in [4.69, 9.17) is 27.9 Å². The van der Waals surface area contributed by atoms with Gasteiger partial charge in [-0.2, -0.15) is 0 Å². The Kier molecular flexibility index (Phi) is 3.05. The van der Waals surface area contributed by atoms with E-state index in [9.17, 15) is 9.90 Å². The largest absolute Gasteiger partial charge is 0.453 e. The summed E-state index contributed by atoms with van der Waals surface area (Å²) in [6.07, 6.45) is -1.46. The normalized spacial score (nSPS) is 19.9. The van der Waals surface area contributed by atoms with Gasteiger partial charge in [-0.1, -0.05) is 23.2 Å². The minimum absolute atomic E-state index is 0.117. The second-order valence-corrected chi connectivity index (χ2v) is 3.81. The van der Waals surface area contributed by atoms with E-state index in [2.05, 4.69) is 4.74 Å². The van der Waals surface area contributed by atoms with Crippen LogP contribution in [0.4, 0.5) is 0 Å². The van der Waals surface area contributed by atoms with Crippen molar-refractivity contribution < 1.29 is 19.4 Å². The molecule has 16 heavy (non-hydrogen) atoms. The van der Waals surface area contributed by atoms with Crippen LogP contribution in [0, 0.1) is 0 Å². The summed E-state index contributed by atoms with van der Waals surface area (Å²) in [4.78, 5) is 11.0. The first-order valence-electron chi connectivity index (χ1n) is 4.30. The van der Waals surface area contributed by atoms with Gasteiger partial charge in [-0.3, -0.25) is 0 Å². The van der Waals surface area contributed by atoms with E-state index in [1.165, 1.54) is 0 Å². The maximum absolute atomic E-state index is 11.0. The molecule has 0 aromatic heterocycles. The van der Waals surface area contributed by atoms with E-state index in [0.29, 0.717) is 10.8 Å². The second-order valence-electron chi connectivity index (χ2n) is 2.99. The van der Waals surface area contributed by atoms with Crippen LogP contribution in [0.1, 0.15) is 0 Å². The first kappa shape index (κ1) is 11.3. The van der Waals surface area contributed by atoms with E-state index < -0.39 is 12.3 Å². The molecule has 1 heterocycles. The smallest absolute Gasteiger partial charge is 0.356 e. The summed E-state index contributed by atoms with van der Waals surface area (Å²) in [5.41, 5.74) is 0. The highest BCUT2D eigenvalue weighted by Crippen LogP contribution is 2.27. The minimum atomic E-state index is -1.46. The maximum atomic E-state index is 11.0. The Balaban J connectivity index is 2.22. The first-order valence-corrected chi connectivity index (χ1v) is 5.05.